The summed E-state index contributed by atoms with van der Waals surface area (Å²) in [4.78, 5) is 14.7. The Bertz CT molecular complexity index is 679. The summed E-state index contributed by atoms with van der Waals surface area (Å²) in [6, 6.07) is 7.92. The van der Waals surface area contributed by atoms with Crippen LogP contribution in [-0.2, 0) is 14.6 Å². The lowest BCUT2D eigenvalue weighted by Crippen LogP contribution is -2.26. The Morgan fingerprint density at radius 2 is 1.83 bits per heavy atom. The molecule has 2 aliphatic rings. The van der Waals surface area contributed by atoms with Gasteiger partial charge in [-0.25, -0.2) is 8.42 Å². The van der Waals surface area contributed by atoms with Crippen LogP contribution in [0, 0.1) is 5.92 Å². The third-order valence-electron chi connectivity index (χ3n) is 4.93. The molecule has 1 unspecified atom stereocenters. The number of amides is 1. The van der Waals surface area contributed by atoms with Crippen LogP contribution in [0.25, 0.3) is 0 Å². The number of nitrogens with zero attached hydrogens (tertiary/aromatic N) is 1. The van der Waals surface area contributed by atoms with Gasteiger partial charge in [0.1, 0.15) is 0 Å². The van der Waals surface area contributed by atoms with Crippen molar-refractivity contribution in [2.75, 3.05) is 34.8 Å². The molecule has 132 valence electrons. The molecule has 3 rings (SSSR count). The molecule has 6 heteroatoms. The lowest BCUT2D eigenvalue weighted by atomic mass is 10.0. The molecule has 1 aromatic carbocycles. The zero-order chi connectivity index (χ0) is 17.0. The quantitative estimate of drug-likeness (QED) is 0.907. The number of carbonyl (C=O) groups is 1. The van der Waals surface area contributed by atoms with Crippen molar-refractivity contribution in [3.8, 4) is 0 Å². The van der Waals surface area contributed by atoms with E-state index < -0.39 is 9.84 Å². The summed E-state index contributed by atoms with van der Waals surface area (Å²) in [5, 5.41) is 3.01. The van der Waals surface area contributed by atoms with Crippen LogP contribution in [0.4, 0.5) is 11.4 Å². The molecule has 0 aromatic heterocycles. The highest BCUT2D eigenvalue weighted by atomic mass is 32.2. The fraction of sp³-hybridized carbons (Fsp3) is 0.611. The summed E-state index contributed by atoms with van der Waals surface area (Å²) < 4.78 is 23.1. The van der Waals surface area contributed by atoms with E-state index in [4.69, 9.17) is 0 Å². The second-order valence-electron chi connectivity index (χ2n) is 6.94. The third-order valence-corrected chi connectivity index (χ3v) is 6.76. The average molecular weight is 350 g/mol. The van der Waals surface area contributed by atoms with E-state index in [-0.39, 0.29) is 29.8 Å². The highest BCUT2D eigenvalue weighted by molar-refractivity contribution is 7.91. The zero-order valence-electron chi connectivity index (χ0n) is 14.0. The van der Waals surface area contributed by atoms with E-state index in [0.29, 0.717) is 6.42 Å². The Balaban J connectivity index is 1.65. The van der Waals surface area contributed by atoms with Crippen molar-refractivity contribution in [2.24, 2.45) is 5.92 Å². The molecular formula is C18H26N2O3S. The minimum absolute atomic E-state index is 0.0413. The van der Waals surface area contributed by atoms with Gasteiger partial charge in [-0.15, -0.1) is 0 Å². The van der Waals surface area contributed by atoms with Crippen LogP contribution >= 0.6 is 0 Å². The largest absolute Gasteiger partial charge is 0.370 e. The second-order valence-corrected chi connectivity index (χ2v) is 9.17. The van der Waals surface area contributed by atoms with Gasteiger partial charge >= 0.3 is 0 Å². The summed E-state index contributed by atoms with van der Waals surface area (Å²) in [5.74, 6) is 0.239. The molecular weight excluding hydrogens is 324 g/mol. The van der Waals surface area contributed by atoms with Gasteiger partial charge < -0.3 is 10.2 Å². The minimum atomic E-state index is -2.93. The van der Waals surface area contributed by atoms with Crippen LogP contribution < -0.4 is 10.2 Å². The van der Waals surface area contributed by atoms with Gasteiger partial charge in [0.05, 0.1) is 22.9 Å². The number of hydrogen-bond acceptors (Lipinski definition) is 4. The summed E-state index contributed by atoms with van der Waals surface area (Å²) in [6.07, 6.45) is 5.78. The molecule has 1 aromatic rings. The van der Waals surface area contributed by atoms with Gasteiger partial charge in [-0.1, -0.05) is 25.0 Å². The SMILES string of the molecule is O=C(CC1CCS(=O)(=O)C1)Nc1ccccc1N1CCCCCC1. The summed E-state index contributed by atoms with van der Waals surface area (Å²) in [5.41, 5.74) is 1.91. The standard InChI is InChI=1S/C18H26N2O3S/c21-18(13-15-9-12-24(22,23)14-15)19-16-7-3-4-8-17(16)20-10-5-1-2-6-11-20/h3-4,7-8,15H,1-2,5-6,9-14H2,(H,19,21). The first-order valence-electron chi connectivity index (χ1n) is 8.88. The Kier molecular flexibility index (Phi) is 5.43. The number of sulfone groups is 1. The number of rotatable bonds is 4. The van der Waals surface area contributed by atoms with Crippen LogP contribution in [0.5, 0.6) is 0 Å². The number of carbonyl (C=O) groups excluding carboxylic acids is 1. The van der Waals surface area contributed by atoms with E-state index >= 15 is 0 Å². The first-order chi connectivity index (χ1) is 11.5. The molecule has 2 aliphatic heterocycles. The maximum absolute atomic E-state index is 12.4. The maximum atomic E-state index is 12.4. The molecule has 5 nitrogen and oxygen atoms in total. The number of para-hydroxylation sites is 2. The van der Waals surface area contributed by atoms with Gasteiger partial charge in [-0.3, -0.25) is 4.79 Å². The van der Waals surface area contributed by atoms with Gasteiger partial charge in [-0.2, -0.15) is 0 Å². The maximum Gasteiger partial charge on any atom is 0.224 e. The van der Waals surface area contributed by atoms with Crippen molar-refractivity contribution in [2.45, 2.75) is 38.5 Å². The van der Waals surface area contributed by atoms with Crippen molar-refractivity contribution in [1.82, 2.24) is 0 Å². The van der Waals surface area contributed by atoms with Crippen molar-refractivity contribution in [3.63, 3.8) is 0 Å². The molecule has 0 saturated carbocycles. The average Bonchev–Trinajstić information content (AvgIpc) is 2.75. The van der Waals surface area contributed by atoms with Gasteiger partial charge in [0.25, 0.3) is 0 Å². The highest BCUT2D eigenvalue weighted by Crippen LogP contribution is 2.29. The number of anilines is 2. The predicted molar refractivity (Wildman–Crippen MR) is 97.1 cm³/mol. The van der Waals surface area contributed by atoms with Crippen LogP contribution in [-0.4, -0.2) is 38.9 Å². The minimum Gasteiger partial charge on any atom is -0.370 e. The van der Waals surface area contributed by atoms with Crippen LogP contribution in [0.15, 0.2) is 24.3 Å². The number of benzene rings is 1. The Morgan fingerprint density at radius 1 is 1.12 bits per heavy atom. The highest BCUT2D eigenvalue weighted by Gasteiger charge is 2.29. The van der Waals surface area contributed by atoms with Crippen molar-refractivity contribution >= 4 is 27.1 Å². The van der Waals surface area contributed by atoms with Crippen LogP contribution in [0.3, 0.4) is 0 Å². The fourth-order valence-electron chi connectivity index (χ4n) is 3.66. The number of nitrogens with one attached hydrogen (secondary N) is 1. The van der Waals surface area contributed by atoms with Crippen LogP contribution in [0.2, 0.25) is 0 Å². The van der Waals surface area contributed by atoms with E-state index in [1.54, 1.807) is 0 Å². The second kappa shape index (κ2) is 7.55. The fourth-order valence-corrected chi connectivity index (χ4v) is 5.52. The van der Waals surface area contributed by atoms with Crippen LogP contribution in [0.1, 0.15) is 38.5 Å². The third kappa shape index (κ3) is 4.50. The van der Waals surface area contributed by atoms with Gasteiger partial charge in [0.2, 0.25) is 5.91 Å². The lowest BCUT2D eigenvalue weighted by molar-refractivity contribution is -0.116. The molecule has 2 heterocycles. The Hall–Kier alpha value is -1.56. The molecule has 0 radical (unpaired) electrons. The van der Waals surface area contributed by atoms with Gasteiger partial charge in [0.15, 0.2) is 9.84 Å². The van der Waals surface area contributed by atoms with Crippen molar-refractivity contribution < 1.29 is 13.2 Å². The normalized spacial score (nSPS) is 23.7. The van der Waals surface area contributed by atoms with E-state index in [9.17, 15) is 13.2 Å². The Labute approximate surface area is 144 Å². The van der Waals surface area contributed by atoms with Crippen molar-refractivity contribution in [3.05, 3.63) is 24.3 Å². The molecule has 1 N–H and O–H groups in total. The molecule has 2 saturated heterocycles. The first kappa shape index (κ1) is 17.3. The van der Waals surface area contributed by atoms with E-state index in [2.05, 4.69) is 16.3 Å². The summed E-state index contributed by atoms with van der Waals surface area (Å²) in [7, 11) is -2.93. The monoisotopic (exact) mass is 350 g/mol. The van der Waals surface area contributed by atoms with Gasteiger partial charge in [-0.05, 0) is 37.3 Å². The molecule has 2 fully saturated rings. The van der Waals surface area contributed by atoms with E-state index in [0.717, 1.165) is 24.5 Å². The summed E-state index contributed by atoms with van der Waals surface area (Å²) in [6.45, 7) is 2.04. The predicted octanol–water partition coefficient (Wildman–Crippen LogP) is 2.83. The Morgan fingerprint density at radius 3 is 2.50 bits per heavy atom. The molecule has 0 spiro atoms. The topological polar surface area (TPSA) is 66.5 Å². The van der Waals surface area contributed by atoms with Crippen molar-refractivity contribution in [1.29, 1.82) is 0 Å². The summed E-state index contributed by atoms with van der Waals surface area (Å²) >= 11 is 0. The first-order valence-corrected chi connectivity index (χ1v) is 10.7. The molecule has 1 amide bonds. The lowest BCUT2D eigenvalue weighted by Gasteiger charge is -2.25. The van der Waals surface area contributed by atoms with E-state index in [1.165, 1.54) is 25.7 Å². The molecule has 1 atom stereocenters. The molecule has 0 bridgehead atoms. The smallest absolute Gasteiger partial charge is 0.224 e. The molecule has 24 heavy (non-hydrogen) atoms. The molecule has 0 aliphatic carbocycles. The number of hydrogen-bond donors (Lipinski definition) is 1. The van der Waals surface area contributed by atoms with Gasteiger partial charge in [0, 0.05) is 19.5 Å². The zero-order valence-corrected chi connectivity index (χ0v) is 14.9. The van der Waals surface area contributed by atoms with E-state index in [1.807, 2.05) is 18.2 Å².